The maximum absolute atomic E-state index is 12.9. The number of benzene rings is 1. The van der Waals surface area contributed by atoms with Crippen LogP contribution in [0.1, 0.15) is 56.3 Å². The zero-order valence-corrected chi connectivity index (χ0v) is 16.0. The number of hydrogen-bond donors (Lipinski definition) is 3. The first kappa shape index (κ1) is 20.3. The molecule has 0 radical (unpaired) electrons. The second-order valence-corrected chi connectivity index (χ2v) is 7.36. The largest absolute Gasteiger partial charge is 0.358 e. The first-order chi connectivity index (χ1) is 12.4. The van der Waals surface area contributed by atoms with E-state index in [9.17, 15) is 14.0 Å². The minimum atomic E-state index is -0.397. The molecule has 0 spiro atoms. The third-order valence-electron chi connectivity index (χ3n) is 5.08. The quantitative estimate of drug-likeness (QED) is 0.417. The predicted octanol–water partition coefficient (Wildman–Crippen LogP) is 3.11. The number of ketones is 1. The first-order valence-corrected chi connectivity index (χ1v) is 9.41. The lowest BCUT2D eigenvalue weighted by Gasteiger charge is -2.35. The molecule has 0 bridgehead atoms. The Bertz CT molecular complexity index is 651. The standard InChI is InChI=1S/C19H26FN3O2S/c1-12-4-3-5-16(13(12)2)21-19(26)23-22-18(25)11-10-17(24)14-6-8-15(20)9-7-14/h6-9,12-13,16H,3-5,10-11H2,1-2H3,(H,22,25)(H2,21,23,26)/t12-,13-,16-/m1/s1. The van der Waals surface area contributed by atoms with Crippen LogP contribution in [-0.4, -0.2) is 22.8 Å². The van der Waals surface area contributed by atoms with Gasteiger partial charge < -0.3 is 5.32 Å². The highest BCUT2D eigenvalue weighted by atomic mass is 32.1. The van der Waals surface area contributed by atoms with E-state index in [1.165, 1.54) is 37.1 Å². The Balaban J connectivity index is 1.68. The fraction of sp³-hybridized carbons (Fsp3) is 0.526. The highest BCUT2D eigenvalue weighted by Crippen LogP contribution is 2.29. The van der Waals surface area contributed by atoms with Gasteiger partial charge in [-0.3, -0.25) is 20.4 Å². The molecule has 1 aromatic rings. The van der Waals surface area contributed by atoms with Gasteiger partial charge in [-0.25, -0.2) is 4.39 Å². The zero-order valence-electron chi connectivity index (χ0n) is 15.2. The number of nitrogens with one attached hydrogen (secondary N) is 3. The monoisotopic (exact) mass is 379 g/mol. The molecular weight excluding hydrogens is 353 g/mol. The van der Waals surface area contributed by atoms with E-state index in [2.05, 4.69) is 30.0 Å². The van der Waals surface area contributed by atoms with E-state index in [0.717, 1.165) is 6.42 Å². The van der Waals surface area contributed by atoms with Gasteiger partial charge in [-0.2, -0.15) is 0 Å². The molecule has 0 aliphatic heterocycles. The Hall–Kier alpha value is -2.02. The van der Waals surface area contributed by atoms with Crippen LogP contribution in [-0.2, 0) is 4.79 Å². The summed E-state index contributed by atoms with van der Waals surface area (Å²) >= 11 is 5.23. The van der Waals surface area contributed by atoms with E-state index < -0.39 is 5.82 Å². The Morgan fingerprint density at radius 2 is 1.81 bits per heavy atom. The van der Waals surface area contributed by atoms with Crippen LogP contribution < -0.4 is 16.2 Å². The van der Waals surface area contributed by atoms with Crippen molar-refractivity contribution in [3.05, 3.63) is 35.6 Å². The van der Waals surface area contributed by atoms with Gasteiger partial charge in [0.05, 0.1) is 0 Å². The van der Waals surface area contributed by atoms with Crippen LogP contribution in [0.25, 0.3) is 0 Å². The summed E-state index contributed by atoms with van der Waals surface area (Å²) in [5.74, 6) is 0.246. The van der Waals surface area contributed by atoms with E-state index in [0.29, 0.717) is 28.6 Å². The van der Waals surface area contributed by atoms with Crippen molar-refractivity contribution < 1.29 is 14.0 Å². The van der Waals surface area contributed by atoms with Crippen LogP contribution in [0.5, 0.6) is 0 Å². The first-order valence-electron chi connectivity index (χ1n) is 9.01. The van der Waals surface area contributed by atoms with Crippen LogP contribution >= 0.6 is 12.2 Å². The van der Waals surface area contributed by atoms with Crippen molar-refractivity contribution in [2.45, 2.75) is 52.0 Å². The number of halogens is 1. The van der Waals surface area contributed by atoms with Gasteiger partial charge in [0.2, 0.25) is 5.91 Å². The maximum Gasteiger partial charge on any atom is 0.238 e. The van der Waals surface area contributed by atoms with Crippen molar-refractivity contribution >= 4 is 29.0 Å². The number of rotatable bonds is 5. The van der Waals surface area contributed by atoms with Crippen molar-refractivity contribution in [3.8, 4) is 0 Å². The van der Waals surface area contributed by atoms with Crippen LogP contribution in [0, 0.1) is 17.7 Å². The summed E-state index contributed by atoms with van der Waals surface area (Å²) in [7, 11) is 0. The van der Waals surface area contributed by atoms with Crippen molar-refractivity contribution in [3.63, 3.8) is 0 Å². The molecule has 3 atom stereocenters. The lowest BCUT2D eigenvalue weighted by atomic mass is 9.78. The van der Waals surface area contributed by atoms with Crippen molar-refractivity contribution in [2.75, 3.05) is 0 Å². The van der Waals surface area contributed by atoms with Gasteiger partial charge >= 0.3 is 0 Å². The zero-order chi connectivity index (χ0) is 19.1. The summed E-state index contributed by atoms with van der Waals surface area (Å²) in [6, 6.07) is 5.59. The number of carbonyl (C=O) groups is 2. The van der Waals surface area contributed by atoms with Gasteiger partial charge in [0.25, 0.3) is 0 Å². The molecule has 1 aliphatic rings. The number of carbonyl (C=O) groups excluding carboxylic acids is 2. The van der Waals surface area contributed by atoms with Crippen LogP contribution in [0.2, 0.25) is 0 Å². The van der Waals surface area contributed by atoms with Gasteiger partial charge in [0.15, 0.2) is 10.9 Å². The number of thiocarbonyl (C=S) groups is 1. The van der Waals surface area contributed by atoms with Gasteiger partial charge in [-0.05, 0) is 54.7 Å². The summed E-state index contributed by atoms with van der Waals surface area (Å²) < 4.78 is 12.9. The fourth-order valence-electron chi connectivity index (χ4n) is 3.19. The molecule has 7 heteroatoms. The van der Waals surface area contributed by atoms with Crippen molar-refractivity contribution in [1.82, 2.24) is 16.2 Å². The third-order valence-corrected chi connectivity index (χ3v) is 5.30. The highest BCUT2D eigenvalue weighted by Gasteiger charge is 2.27. The minimum absolute atomic E-state index is 0.0304. The molecule has 0 unspecified atom stereocenters. The molecule has 0 saturated heterocycles. The molecule has 5 nitrogen and oxygen atoms in total. The normalized spacial score (nSPS) is 22.3. The molecule has 142 valence electrons. The van der Waals surface area contributed by atoms with Gasteiger partial charge in [-0.1, -0.05) is 26.7 Å². The molecule has 0 heterocycles. The van der Waals surface area contributed by atoms with Gasteiger partial charge in [-0.15, -0.1) is 0 Å². The Morgan fingerprint density at radius 3 is 2.50 bits per heavy atom. The lowest BCUT2D eigenvalue weighted by Crippen LogP contribution is -2.52. The summed E-state index contributed by atoms with van der Waals surface area (Å²) in [6.45, 7) is 4.46. The van der Waals surface area contributed by atoms with E-state index in [-0.39, 0.29) is 24.5 Å². The van der Waals surface area contributed by atoms with Gasteiger partial charge in [0, 0.05) is 24.4 Å². The Morgan fingerprint density at radius 1 is 1.12 bits per heavy atom. The molecule has 1 aliphatic carbocycles. The average Bonchev–Trinajstić information content (AvgIpc) is 2.62. The van der Waals surface area contributed by atoms with Crippen LogP contribution in [0.4, 0.5) is 4.39 Å². The van der Waals surface area contributed by atoms with E-state index in [4.69, 9.17) is 12.2 Å². The van der Waals surface area contributed by atoms with Gasteiger partial charge in [0.1, 0.15) is 5.82 Å². The predicted molar refractivity (Wildman–Crippen MR) is 103 cm³/mol. The molecule has 3 N–H and O–H groups in total. The number of amides is 1. The Labute approximate surface area is 159 Å². The maximum atomic E-state index is 12.9. The Kier molecular flexibility index (Phi) is 7.50. The highest BCUT2D eigenvalue weighted by molar-refractivity contribution is 7.80. The molecule has 1 aromatic carbocycles. The molecule has 1 amide bonds. The van der Waals surface area contributed by atoms with E-state index in [1.807, 2.05) is 0 Å². The van der Waals surface area contributed by atoms with Crippen LogP contribution in [0.3, 0.4) is 0 Å². The SMILES string of the molecule is C[C@@H]1[C@H](C)CCC[C@H]1NC(=S)NNC(=O)CCC(=O)c1ccc(F)cc1. The topological polar surface area (TPSA) is 70.2 Å². The molecular formula is C19H26FN3O2S. The van der Waals surface area contributed by atoms with Crippen molar-refractivity contribution in [1.29, 1.82) is 0 Å². The number of Topliss-reactive ketones (excluding diaryl/α,β-unsaturated/α-hetero) is 1. The molecule has 1 fully saturated rings. The smallest absolute Gasteiger partial charge is 0.238 e. The van der Waals surface area contributed by atoms with E-state index >= 15 is 0 Å². The lowest BCUT2D eigenvalue weighted by molar-refractivity contribution is -0.121. The van der Waals surface area contributed by atoms with E-state index in [1.54, 1.807) is 0 Å². The van der Waals surface area contributed by atoms with Crippen molar-refractivity contribution in [2.24, 2.45) is 11.8 Å². The molecule has 26 heavy (non-hydrogen) atoms. The minimum Gasteiger partial charge on any atom is -0.358 e. The molecule has 1 saturated carbocycles. The second-order valence-electron chi connectivity index (χ2n) is 6.95. The van der Waals surface area contributed by atoms with Crippen LogP contribution in [0.15, 0.2) is 24.3 Å². The summed E-state index contributed by atoms with van der Waals surface area (Å²) in [4.78, 5) is 23.8. The fourth-order valence-corrected chi connectivity index (χ4v) is 3.39. The third kappa shape index (κ3) is 6.05. The average molecular weight is 380 g/mol. The number of hydrogen-bond acceptors (Lipinski definition) is 3. The molecule has 0 aromatic heterocycles. The summed E-state index contributed by atoms with van der Waals surface area (Å²) in [5.41, 5.74) is 5.60. The number of hydrazine groups is 1. The second kappa shape index (κ2) is 9.62. The summed E-state index contributed by atoms with van der Waals surface area (Å²) in [6.07, 6.45) is 3.55. The summed E-state index contributed by atoms with van der Waals surface area (Å²) in [5, 5.41) is 3.64. The molecule has 2 rings (SSSR count).